The van der Waals surface area contributed by atoms with Crippen molar-refractivity contribution in [1.82, 2.24) is 0 Å². The summed E-state index contributed by atoms with van der Waals surface area (Å²) >= 11 is 0. The minimum absolute atomic E-state index is 0.0481. The van der Waals surface area contributed by atoms with Gasteiger partial charge in [0.15, 0.2) is 0 Å². The summed E-state index contributed by atoms with van der Waals surface area (Å²) in [6.45, 7) is 0. The van der Waals surface area contributed by atoms with Gasteiger partial charge in [0, 0.05) is 23.3 Å². The number of nitro groups is 1. The molecule has 0 atom stereocenters. The lowest BCUT2D eigenvalue weighted by Crippen LogP contribution is -1.91. The van der Waals surface area contributed by atoms with Gasteiger partial charge >= 0.3 is 0 Å². The standard InChI is InChI=1S/C20H13NO3/c22-21(23)16-10-11-19-15(12-16)13-18(14-6-2-1-3-7-14)17-8-4-5-9-20(17)24-19/h1-13H. The maximum Gasteiger partial charge on any atom is 0.270 e. The Kier molecular flexibility index (Phi) is 3.35. The Morgan fingerprint density at radius 1 is 0.833 bits per heavy atom. The van der Waals surface area contributed by atoms with Gasteiger partial charge in [-0.2, -0.15) is 0 Å². The third-order valence-corrected chi connectivity index (χ3v) is 3.99. The summed E-state index contributed by atoms with van der Waals surface area (Å²) in [5.41, 5.74) is 3.71. The van der Waals surface area contributed by atoms with Gasteiger partial charge in [0.25, 0.3) is 5.69 Å². The number of hydrogen-bond acceptors (Lipinski definition) is 3. The second-order valence-electron chi connectivity index (χ2n) is 5.50. The van der Waals surface area contributed by atoms with Crippen molar-refractivity contribution in [3.05, 3.63) is 99.6 Å². The number of fused-ring (bicyclic) bond motifs is 2. The molecule has 4 nitrogen and oxygen atoms in total. The summed E-state index contributed by atoms with van der Waals surface area (Å²) in [6, 6.07) is 22.4. The zero-order valence-electron chi connectivity index (χ0n) is 12.7. The predicted molar refractivity (Wildman–Crippen MR) is 93.0 cm³/mol. The number of nitro benzene ring substituents is 1. The summed E-state index contributed by atoms with van der Waals surface area (Å²) in [5, 5.41) is 11.1. The zero-order valence-corrected chi connectivity index (χ0v) is 12.7. The van der Waals surface area contributed by atoms with E-state index in [1.165, 1.54) is 6.07 Å². The number of benzene rings is 3. The molecule has 0 N–H and O–H groups in total. The molecule has 0 amide bonds. The van der Waals surface area contributed by atoms with Crippen LogP contribution in [0.4, 0.5) is 5.69 Å². The zero-order chi connectivity index (χ0) is 16.5. The van der Waals surface area contributed by atoms with Crippen LogP contribution in [0, 0.1) is 10.1 Å². The molecule has 0 saturated carbocycles. The van der Waals surface area contributed by atoms with Crippen LogP contribution in [0.25, 0.3) is 11.6 Å². The van der Waals surface area contributed by atoms with Crippen LogP contribution < -0.4 is 4.74 Å². The van der Waals surface area contributed by atoms with Crippen LogP contribution in [0.3, 0.4) is 0 Å². The van der Waals surface area contributed by atoms with Crippen LogP contribution in [-0.4, -0.2) is 4.92 Å². The van der Waals surface area contributed by atoms with Gasteiger partial charge in [-0.1, -0.05) is 48.5 Å². The van der Waals surface area contributed by atoms with E-state index in [1.807, 2.05) is 60.7 Å². The average molecular weight is 315 g/mol. The molecule has 1 heterocycles. The van der Waals surface area contributed by atoms with Crippen LogP contribution in [0.5, 0.6) is 11.5 Å². The van der Waals surface area contributed by atoms with E-state index < -0.39 is 4.92 Å². The summed E-state index contributed by atoms with van der Waals surface area (Å²) in [4.78, 5) is 10.7. The topological polar surface area (TPSA) is 52.4 Å². The first-order chi connectivity index (χ1) is 11.7. The molecule has 1 aliphatic heterocycles. The molecular weight excluding hydrogens is 302 g/mol. The normalized spacial score (nSPS) is 12.2. The molecule has 0 unspecified atom stereocenters. The molecule has 0 bridgehead atoms. The van der Waals surface area contributed by atoms with E-state index in [0.29, 0.717) is 11.3 Å². The van der Waals surface area contributed by atoms with Crippen LogP contribution in [0.1, 0.15) is 16.7 Å². The Morgan fingerprint density at radius 3 is 2.38 bits per heavy atom. The van der Waals surface area contributed by atoms with Gasteiger partial charge < -0.3 is 4.74 Å². The maximum absolute atomic E-state index is 11.1. The van der Waals surface area contributed by atoms with E-state index in [9.17, 15) is 10.1 Å². The van der Waals surface area contributed by atoms with E-state index in [1.54, 1.807) is 12.1 Å². The molecule has 4 heteroatoms. The minimum Gasteiger partial charge on any atom is -0.456 e. The van der Waals surface area contributed by atoms with E-state index in [4.69, 9.17) is 4.74 Å². The molecule has 0 fully saturated rings. The fourth-order valence-corrected chi connectivity index (χ4v) is 2.84. The first-order valence-electron chi connectivity index (χ1n) is 7.55. The molecule has 116 valence electrons. The number of para-hydroxylation sites is 1. The molecule has 3 aromatic rings. The molecule has 0 saturated heterocycles. The summed E-state index contributed by atoms with van der Waals surface area (Å²) in [6.07, 6.45) is 1.95. The fraction of sp³-hybridized carbons (Fsp3) is 0. The van der Waals surface area contributed by atoms with Crippen molar-refractivity contribution < 1.29 is 9.66 Å². The number of rotatable bonds is 2. The molecule has 1 aliphatic rings. The second-order valence-corrected chi connectivity index (χ2v) is 5.50. The Bertz CT molecular complexity index is 962. The van der Waals surface area contributed by atoms with E-state index >= 15 is 0 Å². The Balaban J connectivity index is 1.98. The molecule has 0 aromatic heterocycles. The summed E-state index contributed by atoms with van der Waals surface area (Å²) in [7, 11) is 0. The highest BCUT2D eigenvalue weighted by Crippen LogP contribution is 2.41. The van der Waals surface area contributed by atoms with Gasteiger partial charge in [-0.25, -0.2) is 0 Å². The van der Waals surface area contributed by atoms with Gasteiger partial charge in [-0.05, 0) is 29.3 Å². The third-order valence-electron chi connectivity index (χ3n) is 3.99. The highest BCUT2D eigenvalue weighted by Gasteiger charge is 2.19. The lowest BCUT2D eigenvalue weighted by molar-refractivity contribution is -0.384. The van der Waals surface area contributed by atoms with Gasteiger partial charge in [0.05, 0.1) is 4.92 Å². The van der Waals surface area contributed by atoms with Crippen LogP contribution in [-0.2, 0) is 0 Å². The molecule has 4 rings (SSSR count). The van der Waals surface area contributed by atoms with Crippen molar-refractivity contribution >= 4 is 17.3 Å². The molecular formula is C20H13NO3. The fourth-order valence-electron chi connectivity index (χ4n) is 2.84. The first-order valence-corrected chi connectivity index (χ1v) is 7.55. The first kappa shape index (κ1) is 14.2. The lowest BCUT2D eigenvalue weighted by atomic mass is 9.95. The van der Waals surface area contributed by atoms with E-state index in [0.717, 1.165) is 22.4 Å². The predicted octanol–water partition coefficient (Wildman–Crippen LogP) is 5.29. The molecule has 24 heavy (non-hydrogen) atoms. The average Bonchev–Trinajstić information content (AvgIpc) is 2.78. The quantitative estimate of drug-likeness (QED) is 0.373. The smallest absolute Gasteiger partial charge is 0.270 e. The van der Waals surface area contributed by atoms with Crippen molar-refractivity contribution in [2.45, 2.75) is 0 Å². The Hall–Kier alpha value is -3.40. The second kappa shape index (κ2) is 5.66. The Morgan fingerprint density at radius 2 is 1.58 bits per heavy atom. The van der Waals surface area contributed by atoms with Crippen molar-refractivity contribution in [3.63, 3.8) is 0 Å². The van der Waals surface area contributed by atoms with Crippen molar-refractivity contribution in [3.8, 4) is 11.5 Å². The highest BCUT2D eigenvalue weighted by atomic mass is 16.6. The molecule has 0 radical (unpaired) electrons. The summed E-state index contributed by atoms with van der Waals surface area (Å²) < 4.78 is 6.01. The van der Waals surface area contributed by atoms with Crippen molar-refractivity contribution in [2.75, 3.05) is 0 Å². The molecule has 0 spiro atoms. The van der Waals surface area contributed by atoms with Crippen molar-refractivity contribution in [1.29, 1.82) is 0 Å². The number of nitrogens with zero attached hydrogens (tertiary/aromatic N) is 1. The number of hydrogen-bond donors (Lipinski definition) is 0. The van der Waals surface area contributed by atoms with Crippen molar-refractivity contribution in [2.24, 2.45) is 0 Å². The SMILES string of the molecule is O=[N+]([O-])c1ccc2c(c1)C=C(c1ccccc1)c1ccccc1O2. The summed E-state index contributed by atoms with van der Waals surface area (Å²) in [5.74, 6) is 1.35. The monoisotopic (exact) mass is 315 g/mol. The molecule has 3 aromatic carbocycles. The van der Waals surface area contributed by atoms with Gasteiger partial charge in [-0.3, -0.25) is 10.1 Å². The van der Waals surface area contributed by atoms with E-state index in [2.05, 4.69) is 0 Å². The van der Waals surface area contributed by atoms with Gasteiger partial charge in [-0.15, -0.1) is 0 Å². The maximum atomic E-state index is 11.1. The van der Waals surface area contributed by atoms with Crippen LogP contribution in [0.15, 0.2) is 72.8 Å². The van der Waals surface area contributed by atoms with Crippen LogP contribution in [0.2, 0.25) is 0 Å². The minimum atomic E-state index is -0.394. The number of non-ortho nitro benzene ring substituents is 1. The van der Waals surface area contributed by atoms with E-state index in [-0.39, 0.29) is 5.69 Å². The van der Waals surface area contributed by atoms with Crippen LogP contribution >= 0.6 is 0 Å². The lowest BCUT2D eigenvalue weighted by Gasteiger charge is -2.11. The van der Waals surface area contributed by atoms with Gasteiger partial charge in [0.2, 0.25) is 0 Å². The van der Waals surface area contributed by atoms with Gasteiger partial charge in [0.1, 0.15) is 11.5 Å². The third kappa shape index (κ3) is 2.44. The Labute approximate surface area is 138 Å². The number of ether oxygens (including phenoxy) is 1. The molecule has 0 aliphatic carbocycles. The highest BCUT2D eigenvalue weighted by molar-refractivity contribution is 5.95. The largest absolute Gasteiger partial charge is 0.456 e.